The molecule has 4 aromatic heterocycles. The molecule has 468 valence electrons. The number of nitrogens with one attached hydrogen (secondary N) is 6. The average Bonchev–Trinajstić information content (AvgIpc) is 2.71. The van der Waals surface area contributed by atoms with Gasteiger partial charge >= 0.3 is 0 Å². The first-order valence-corrected chi connectivity index (χ1v) is 28.7. The number of piperazine rings is 6. The Morgan fingerprint density at radius 2 is 0.452 bits per heavy atom. The Labute approximate surface area is 508 Å². The van der Waals surface area contributed by atoms with Crippen LogP contribution in [0.4, 0.5) is 71.4 Å². The van der Waals surface area contributed by atoms with E-state index in [0.717, 1.165) is 78.5 Å². The van der Waals surface area contributed by atoms with E-state index in [9.17, 15) is 15.3 Å². The predicted octanol–water partition coefficient (Wildman–Crippen LogP) is -3.84. The summed E-state index contributed by atoms with van der Waals surface area (Å²) in [4.78, 5) is 79.6. The van der Waals surface area contributed by atoms with Crippen LogP contribution in [0, 0.1) is 0 Å². The maximum absolute atomic E-state index is 9.18. The first-order chi connectivity index (χ1) is 40.0. The van der Waals surface area contributed by atoms with Crippen molar-refractivity contribution in [2.75, 3.05) is 296 Å². The minimum absolute atomic E-state index is 0. The Balaban J connectivity index is 0.00000337. The number of rotatable bonds is 27. The van der Waals surface area contributed by atoms with Crippen LogP contribution in [-0.4, -0.2) is 311 Å². The van der Waals surface area contributed by atoms with E-state index in [0.29, 0.717) is 189 Å². The molecule has 6 saturated heterocycles. The summed E-state index contributed by atoms with van der Waals surface area (Å²) in [5.41, 5.74) is 0. The Morgan fingerprint density at radius 3 is 0.643 bits per heavy atom. The Kier molecular flexibility index (Phi) is 26.8. The SMILES string of the molecule is Cl.Cl.Cl.OCCOCCNc1nc(N2CCNCC2)nc(N2CCN(c3nc(N4CCN(c5nc(NCCOCCO)nc(N6CCNCC6)n5)CC4)nc(N4CCN(c5nc(NCCOCCO)nc(N6CCNCC6)n5)CC4)n3)CC2)n1. The lowest BCUT2D eigenvalue weighted by atomic mass is 10.3. The van der Waals surface area contributed by atoms with E-state index in [1.54, 1.807) is 0 Å². The lowest BCUT2D eigenvalue weighted by Crippen LogP contribution is -2.50. The highest BCUT2D eigenvalue weighted by Crippen LogP contribution is 2.27. The number of nitrogens with zero attached hydrogens (tertiary/aromatic N) is 21. The van der Waals surface area contributed by atoms with E-state index >= 15 is 0 Å². The third-order valence-electron chi connectivity index (χ3n) is 14.5. The molecular formula is C48H84Cl3N27O6. The zero-order valence-electron chi connectivity index (χ0n) is 47.6. The highest BCUT2D eigenvalue weighted by atomic mass is 35.5. The van der Waals surface area contributed by atoms with Crippen LogP contribution in [0.25, 0.3) is 0 Å². The maximum atomic E-state index is 9.18. The molecule has 0 bridgehead atoms. The van der Waals surface area contributed by atoms with Crippen molar-refractivity contribution >= 4 is 109 Å². The van der Waals surface area contributed by atoms with Gasteiger partial charge in [-0.25, -0.2) is 0 Å². The fourth-order valence-corrected chi connectivity index (χ4v) is 10.0. The zero-order valence-corrected chi connectivity index (χ0v) is 50.1. The number of hydrogen-bond donors (Lipinski definition) is 9. The molecule has 6 fully saturated rings. The fraction of sp³-hybridized carbons (Fsp3) is 0.750. The first-order valence-electron chi connectivity index (χ1n) is 28.7. The third-order valence-corrected chi connectivity index (χ3v) is 14.5. The molecule has 33 nitrogen and oxygen atoms in total. The molecule has 0 unspecified atom stereocenters. The molecule has 0 spiro atoms. The molecule has 0 aromatic carbocycles. The highest BCUT2D eigenvalue weighted by Gasteiger charge is 2.31. The quantitative estimate of drug-likeness (QED) is 0.0258. The number of aliphatic hydroxyl groups is 3. The molecule has 0 radical (unpaired) electrons. The van der Waals surface area contributed by atoms with E-state index < -0.39 is 0 Å². The monoisotopic (exact) mass is 1240 g/mol. The Bertz CT molecular complexity index is 2260. The molecule has 4 aromatic rings. The summed E-state index contributed by atoms with van der Waals surface area (Å²) in [7, 11) is 0. The van der Waals surface area contributed by atoms with Crippen LogP contribution >= 0.6 is 37.2 Å². The maximum Gasteiger partial charge on any atom is 0.232 e. The van der Waals surface area contributed by atoms with Crippen molar-refractivity contribution in [2.45, 2.75) is 0 Å². The molecule has 9 N–H and O–H groups in total. The van der Waals surface area contributed by atoms with Crippen LogP contribution in [-0.2, 0) is 14.2 Å². The van der Waals surface area contributed by atoms with Crippen LogP contribution in [0.1, 0.15) is 0 Å². The molecule has 6 aliphatic rings. The minimum Gasteiger partial charge on any atom is -0.394 e. The van der Waals surface area contributed by atoms with Gasteiger partial charge in [-0.1, -0.05) is 0 Å². The second kappa shape index (κ2) is 34.3. The number of halogens is 3. The van der Waals surface area contributed by atoms with E-state index in [1.165, 1.54) is 0 Å². The molecule has 0 atom stereocenters. The van der Waals surface area contributed by atoms with Gasteiger partial charge in [0.05, 0.1) is 59.5 Å². The van der Waals surface area contributed by atoms with Crippen molar-refractivity contribution in [3.8, 4) is 0 Å². The van der Waals surface area contributed by atoms with Gasteiger partial charge in [-0.3, -0.25) is 0 Å². The molecule has 10 heterocycles. The van der Waals surface area contributed by atoms with Gasteiger partial charge in [-0.05, 0) is 0 Å². The second-order valence-corrected chi connectivity index (χ2v) is 19.9. The van der Waals surface area contributed by atoms with E-state index in [4.69, 9.17) is 74.0 Å². The second-order valence-electron chi connectivity index (χ2n) is 19.9. The van der Waals surface area contributed by atoms with Crippen LogP contribution in [0.5, 0.6) is 0 Å². The number of anilines is 12. The van der Waals surface area contributed by atoms with Crippen LogP contribution in [0.2, 0.25) is 0 Å². The van der Waals surface area contributed by atoms with Crippen molar-refractivity contribution in [1.29, 1.82) is 0 Å². The van der Waals surface area contributed by atoms with Gasteiger partial charge in [-0.15, -0.1) is 37.2 Å². The summed E-state index contributed by atoms with van der Waals surface area (Å²) in [6, 6.07) is 0. The number of ether oxygens (including phenoxy) is 3. The molecule has 0 aliphatic carbocycles. The molecule has 0 saturated carbocycles. The molecule has 10 rings (SSSR count). The lowest BCUT2D eigenvalue weighted by Gasteiger charge is -2.38. The molecule has 84 heavy (non-hydrogen) atoms. The minimum atomic E-state index is -0.0330. The summed E-state index contributed by atoms with van der Waals surface area (Å²) in [5.74, 6) is 6.98. The lowest BCUT2D eigenvalue weighted by molar-refractivity contribution is 0.0991. The topological polar surface area (TPSA) is 344 Å². The summed E-state index contributed by atoms with van der Waals surface area (Å²) in [6.45, 7) is 20.7. The predicted molar refractivity (Wildman–Crippen MR) is 329 cm³/mol. The van der Waals surface area contributed by atoms with Gasteiger partial charge < -0.3 is 106 Å². The largest absolute Gasteiger partial charge is 0.394 e. The van der Waals surface area contributed by atoms with Gasteiger partial charge in [0.1, 0.15) is 0 Å². The van der Waals surface area contributed by atoms with Crippen LogP contribution in [0.3, 0.4) is 0 Å². The van der Waals surface area contributed by atoms with Gasteiger partial charge in [0.25, 0.3) is 0 Å². The number of aliphatic hydroxyl groups excluding tert-OH is 3. The van der Waals surface area contributed by atoms with Crippen molar-refractivity contribution in [3.05, 3.63) is 0 Å². The van der Waals surface area contributed by atoms with Crippen LogP contribution < -0.4 is 76.0 Å². The molecule has 6 aliphatic heterocycles. The van der Waals surface area contributed by atoms with E-state index in [1.807, 2.05) is 0 Å². The number of aromatic nitrogens is 12. The van der Waals surface area contributed by atoms with Gasteiger partial charge in [0, 0.05) is 177 Å². The summed E-state index contributed by atoms with van der Waals surface area (Å²) in [5, 5.41) is 47.7. The Morgan fingerprint density at radius 1 is 0.274 bits per heavy atom. The van der Waals surface area contributed by atoms with Crippen molar-refractivity contribution in [2.24, 2.45) is 0 Å². The van der Waals surface area contributed by atoms with Crippen molar-refractivity contribution in [1.82, 2.24) is 75.8 Å². The third kappa shape index (κ3) is 18.3. The van der Waals surface area contributed by atoms with E-state index in [2.05, 4.69) is 76.0 Å². The summed E-state index contributed by atoms with van der Waals surface area (Å²) >= 11 is 0. The standard InChI is InChI=1S/C48H81N27O6.3ClH/c76-28-34-79-31-7-52-37-55-40(67-10-1-49-2-11-67)61-43(58-37)70-16-22-73(23-17-70)46-64-47(74-24-18-71(19-25-74)44-59-38(53-8-32-80-35-29-77)56-41(62-44)68-12-3-50-4-13-68)66-48(65-46)75-26-20-72(21-27-75)45-60-39(54-9-33-81-36-30-78)57-42(63-45)69-14-5-51-6-15-69;;;/h49-51,76-78H,1-36H2,(H,52,55,58,61)(H,53,56,59,62)(H,54,57,60,63);3*1H. The molecule has 36 heteroatoms. The normalized spacial score (nSPS) is 17.8. The van der Waals surface area contributed by atoms with Crippen molar-refractivity contribution < 1.29 is 29.5 Å². The smallest absolute Gasteiger partial charge is 0.232 e. The van der Waals surface area contributed by atoms with Gasteiger partial charge in [-0.2, -0.15) is 59.8 Å². The zero-order chi connectivity index (χ0) is 55.4. The average molecular weight is 1240 g/mol. The summed E-state index contributed by atoms with van der Waals surface area (Å²) < 4.78 is 16.5. The Hall–Kier alpha value is -5.85. The van der Waals surface area contributed by atoms with Crippen LogP contribution in [0.15, 0.2) is 0 Å². The summed E-state index contributed by atoms with van der Waals surface area (Å²) in [6.07, 6.45) is 0. The first kappa shape index (κ1) is 65.7. The molecular weight excluding hydrogens is 1160 g/mol. The fourth-order valence-electron chi connectivity index (χ4n) is 10.0. The van der Waals surface area contributed by atoms with Gasteiger partial charge in [0.15, 0.2) is 0 Å². The number of hydrogen-bond acceptors (Lipinski definition) is 33. The van der Waals surface area contributed by atoms with E-state index in [-0.39, 0.29) is 76.9 Å². The van der Waals surface area contributed by atoms with Crippen molar-refractivity contribution in [3.63, 3.8) is 0 Å². The van der Waals surface area contributed by atoms with Gasteiger partial charge in [0.2, 0.25) is 71.4 Å². The molecule has 0 amide bonds. The highest BCUT2D eigenvalue weighted by molar-refractivity contribution is 5.86.